The van der Waals surface area contributed by atoms with E-state index in [0.29, 0.717) is 5.56 Å². The zero-order valence-electron chi connectivity index (χ0n) is 4.67. The van der Waals surface area contributed by atoms with E-state index in [1.807, 2.05) is 6.07 Å². The summed E-state index contributed by atoms with van der Waals surface area (Å²) in [6.45, 7) is 0. The Morgan fingerprint density at radius 3 is 2.11 bits per heavy atom. The van der Waals surface area contributed by atoms with Crippen molar-refractivity contribution in [2.75, 3.05) is 0 Å². The van der Waals surface area contributed by atoms with Gasteiger partial charge in [-0.1, -0.05) is 30.3 Å². The van der Waals surface area contributed by atoms with Crippen LogP contribution in [0.3, 0.4) is 0 Å². The van der Waals surface area contributed by atoms with Gasteiger partial charge < -0.3 is 0 Å². The highest BCUT2D eigenvalue weighted by Crippen LogP contribution is 2.01. The monoisotopic (exact) mass is 141 g/mol. The third kappa shape index (κ3) is 1.54. The quantitative estimate of drug-likeness (QED) is 0.548. The van der Waals surface area contributed by atoms with Crippen molar-refractivity contribution in [1.29, 1.82) is 0 Å². The van der Waals surface area contributed by atoms with E-state index >= 15 is 0 Å². The Kier molecular flexibility index (Phi) is 1.85. The summed E-state index contributed by atoms with van der Waals surface area (Å²) in [5, 5.41) is -0.407. The molecule has 1 aromatic carbocycles. The normalized spacial score (nSPS) is 9.00. The number of benzene rings is 1. The molecule has 0 aromatic heterocycles. The summed E-state index contributed by atoms with van der Waals surface area (Å²) in [4.78, 5) is 10.4. The van der Waals surface area contributed by atoms with Crippen LogP contribution in [0, 0.1) is 0 Å². The van der Waals surface area contributed by atoms with Gasteiger partial charge in [-0.05, 0) is 11.6 Å². The average Bonchev–Trinajstić information content (AvgIpc) is 1.90. The number of hydrogen-bond acceptors (Lipinski definition) is 1. The van der Waals surface area contributed by atoms with Gasteiger partial charge in [0.25, 0.3) is 5.24 Å². The maximum atomic E-state index is 10.4. The lowest BCUT2D eigenvalue weighted by Crippen LogP contribution is -1.84. The van der Waals surface area contributed by atoms with Crippen molar-refractivity contribution < 1.29 is 4.79 Å². The highest BCUT2D eigenvalue weighted by Gasteiger charge is 1.95. The Bertz CT molecular complexity index is 205. The van der Waals surface area contributed by atoms with Gasteiger partial charge in [0, 0.05) is 5.56 Å². The molecular formula is C7H5ClO. The van der Waals surface area contributed by atoms with Crippen LogP contribution in [0.25, 0.3) is 0 Å². The Morgan fingerprint density at radius 1 is 1.22 bits per heavy atom. The van der Waals surface area contributed by atoms with Crippen LogP contribution in [-0.2, 0) is 0 Å². The maximum Gasteiger partial charge on any atom is 0.252 e. The van der Waals surface area contributed by atoms with Gasteiger partial charge in [-0.15, -0.1) is 0 Å². The minimum absolute atomic E-state index is 0.407. The van der Waals surface area contributed by atoms with Crippen molar-refractivity contribution in [2.24, 2.45) is 0 Å². The standard InChI is InChI=1S/C7H5ClO/c8-7(9)6-4-2-1-3-5-6/h1-5H/i6+1. The van der Waals surface area contributed by atoms with Crippen molar-refractivity contribution in [1.82, 2.24) is 0 Å². The number of hydrogen-bond donors (Lipinski definition) is 0. The van der Waals surface area contributed by atoms with E-state index in [0.717, 1.165) is 0 Å². The smallest absolute Gasteiger partial charge is 0.252 e. The summed E-state index contributed by atoms with van der Waals surface area (Å²) in [5.74, 6) is 0. The Hall–Kier alpha value is -0.820. The molecule has 46 valence electrons. The first kappa shape index (κ1) is 6.30. The van der Waals surface area contributed by atoms with E-state index in [9.17, 15) is 4.79 Å². The average molecular weight is 142 g/mol. The van der Waals surface area contributed by atoms with Gasteiger partial charge in [-0.2, -0.15) is 0 Å². The lowest BCUT2D eigenvalue weighted by molar-refractivity contribution is 0.108. The molecule has 0 heterocycles. The molecule has 0 aliphatic carbocycles. The van der Waals surface area contributed by atoms with Gasteiger partial charge in [0.15, 0.2) is 0 Å². The minimum atomic E-state index is -0.407. The fourth-order valence-corrected chi connectivity index (χ4v) is 0.695. The third-order valence-electron chi connectivity index (χ3n) is 1.00. The molecule has 1 rings (SSSR count). The van der Waals surface area contributed by atoms with Crippen molar-refractivity contribution in [3.63, 3.8) is 0 Å². The Labute approximate surface area is 58.3 Å². The Balaban J connectivity index is 2.98. The summed E-state index contributed by atoms with van der Waals surface area (Å²) in [7, 11) is 0. The molecular weight excluding hydrogens is 137 g/mol. The number of rotatable bonds is 1. The van der Waals surface area contributed by atoms with Crippen LogP contribution in [0.15, 0.2) is 30.3 Å². The third-order valence-corrected chi connectivity index (χ3v) is 1.22. The minimum Gasteiger partial charge on any atom is -0.276 e. The van der Waals surface area contributed by atoms with Crippen molar-refractivity contribution in [3.8, 4) is 0 Å². The lowest BCUT2D eigenvalue weighted by atomic mass is 10.4. The van der Waals surface area contributed by atoms with Crippen LogP contribution >= 0.6 is 11.6 Å². The van der Waals surface area contributed by atoms with Gasteiger partial charge in [0.2, 0.25) is 0 Å². The van der Waals surface area contributed by atoms with Gasteiger partial charge in [0.1, 0.15) is 0 Å². The van der Waals surface area contributed by atoms with Crippen LogP contribution in [0.4, 0.5) is 0 Å². The Morgan fingerprint density at radius 2 is 1.78 bits per heavy atom. The molecule has 1 aromatic rings. The fourth-order valence-electron chi connectivity index (χ4n) is 0.569. The van der Waals surface area contributed by atoms with E-state index < -0.39 is 5.24 Å². The van der Waals surface area contributed by atoms with Gasteiger partial charge in [-0.3, -0.25) is 4.79 Å². The largest absolute Gasteiger partial charge is 0.276 e. The first-order valence-electron chi connectivity index (χ1n) is 2.55. The molecule has 2 heteroatoms. The van der Waals surface area contributed by atoms with Gasteiger partial charge >= 0.3 is 0 Å². The molecule has 0 aliphatic heterocycles. The maximum absolute atomic E-state index is 10.4. The van der Waals surface area contributed by atoms with Gasteiger partial charge in [-0.25, -0.2) is 0 Å². The zero-order chi connectivity index (χ0) is 6.69. The summed E-state index contributed by atoms with van der Waals surface area (Å²) in [6, 6.07) is 8.74. The molecule has 0 amide bonds. The summed E-state index contributed by atoms with van der Waals surface area (Å²) in [6.07, 6.45) is 0. The van der Waals surface area contributed by atoms with Crippen molar-refractivity contribution in [2.45, 2.75) is 0 Å². The molecule has 0 bridgehead atoms. The molecule has 0 spiro atoms. The molecule has 0 fully saturated rings. The molecule has 9 heavy (non-hydrogen) atoms. The topological polar surface area (TPSA) is 17.1 Å². The molecule has 0 saturated carbocycles. The molecule has 0 N–H and O–H groups in total. The molecule has 0 atom stereocenters. The predicted octanol–water partition coefficient (Wildman–Crippen LogP) is 2.07. The van der Waals surface area contributed by atoms with Crippen LogP contribution in [0.5, 0.6) is 0 Å². The van der Waals surface area contributed by atoms with Crippen molar-refractivity contribution in [3.05, 3.63) is 35.9 Å². The lowest BCUT2D eigenvalue weighted by Gasteiger charge is -1.87. The molecule has 0 unspecified atom stereocenters. The van der Waals surface area contributed by atoms with E-state index in [1.54, 1.807) is 24.3 Å². The first-order valence-corrected chi connectivity index (χ1v) is 2.93. The van der Waals surface area contributed by atoms with Crippen LogP contribution in [0.1, 0.15) is 10.4 Å². The second-order valence-electron chi connectivity index (χ2n) is 1.64. The zero-order valence-corrected chi connectivity index (χ0v) is 5.43. The number of carbonyl (C=O) groups excluding carboxylic acids is 1. The SMILES string of the molecule is O=C(Cl)[13c]1ccccc1. The molecule has 0 aliphatic rings. The van der Waals surface area contributed by atoms with Gasteiger partial charge in [0.05, 0.1) is 0 Å². The van der Waals surface area contributed by atoms with E-state index in [1.165, 1.54) is 0 Å². The highest BCUT2D eigenvalue weighted by atomic mass is 35.5. The van der Waals surface area contributed by atoms with Crippen LogP contribution < -0.4 is 0 Å². The molecule has 1 nitrogen and oxygen atoms in total. The highest BCUT2D eigenvalue weighted by molar-refractivity contribution is 6.67. The van der Waals surface area contributed by atoms with Crippen LogP contribution in [-0.4, -0.2) is 5.24 Å². The summed E-state index contributed by atoms with van der Waals surface area (Å²) >= 11 is 5.16. The summed E-state index contributed by atoms with van der Waals surface area (Å²) < 4.78 is 0. The fraction of sp³-hybridized carbons (Fsp3) is 0. The number of carbonyl (C=O) groups is 1. The second kappa shape index (κ2) is 2.65. The van der Waals surface area contributed by atoms with Crippen molar-refractivity contribution >= 4 is 16.8 Å². The van der Waals surface area contributed by atoms with E-state index in [-0.39, 0.29) is 0 Å². The van der Waals surface area contributed by atoms with E-state index in [2.05, 4.69) is 0 Å². The first-order chi connectivity index (χ1) is 4.30. The van der Waals surface area contributed by atoms with Crippen LogP contribution in [0.2, 0.25) is 0 Å². The summed E-state index contributed by atoms with van der Waals surface area (Å²) in [5.41, 5.74) is 0.541. The second-order valence-corrected chi connectivity index (χ2v) is 1.98. The van der Waals surface area contributed by atoms with E-state index in [4.69, 9.17) is 11.6 Å². The number of halogens is 1. The molecule has 0 saturated heterocycles. The molecule has 0 radical (unpaired) electrons. The predicted molar refractivity (Wildman–Crippen MR) is 36.6 cm³/mol.